The predicted octanol–water partition coefficient (Wildman–Crippen LogP) is 3.16. The summed E-state index contributed by atoms with van der Waals surface area (Å²) in [6, 6.07) is 10.3. The van der Waals surface area contributed by atoms with E-state index in [-0.39, 0.29) is 5.54 Å². The van der Waals surface area contributed by atoms with Gasteiger partial charge in [-0.2, -0.15) is 5.10 Å². The number of nitrogens with one attached hydrogen (secondary N) is 1. The number of hydrogen-bond donors (Lipinski definition) is 1. The molecule has 0 atom stereocenters. The fraction of sp³-hybridized carbons (Fsp3) is 0.471. The molecule has 0 bridgehead atoms. The minimum Gasteiger partial charge on any atom is -0.492 e. The van der Waals surface area contributed by atoms with Crippen LogP contribution in [0, 0.1) is 6.92 Å². The number of aryl methyl sites for hydroxylation is 1. The normalized spacial score (nSPS) is 11.6. The Balaban J connectivity index is 1.78. The molecule has 0 aliphatic rings. The van der Waals surface area contributed by atoms with Gasteiger partial charge in [-0.15, -0.1) is 0 Å². The van der Waals surface area contributed by atoms with Crippen molar-refractivity contribution in [3.63, 3.8) is 0 Å². The number of benzene rings is 1. The van der Waals surface area contributed by atoms with E-state index < -0.39 is 0 Å². The molecule has 21 heavy (non-hydrogen) atoms. The Hall–Kier alpha value is -1.81. The van der Waals surface area contributed by atoms with Crippen LogP contribution in [0.2, 0.25) is 0 Å². The van der Waals surface area contributed by atoms with E-state index in [9.17, 15) is 0 Å². The monoisotopic (exact) mass is 287 g/mol. The minimum atomic E-state index is 0.136. The molecule has 2 rings (SSSR count). The molecule has 0 unspecified atom stereocenters. The van der Waals surface area contributed by atoms with Crippen LogP contribution in [0.15, 0.2) is 36.5 Å². The first-order valence-electron chi connectivity index (χ1n) is 7.39. The van der Waals surface area contributed by atoms with Crippen molar-refractivity contribution in [1.29, 1.82) is 0 Å². The lowest BCUT2D eigenvalue weighted by Gasteiger charge is -2.20. The molecular weight excluding hydrogens is 262 g/mol. The van der Waals surface area contributed by atoms with Gasteiger partial charge in [0.25, 0.3) is 0 Å². The fourth-order valence-corrected chi connectivity index (χ4v) is 1.95. The summed E-state index contributed by atoms with van der Waals surface area (Å²) in [4.78, 5) is 0. The molecule has 1 aromatic heterocycles. The highest BCUT2D eigenvalue weighted by Crippen LogP contribution is 2.13. The van der Waals surface area contributed by atoms with Crippen LogP contribution in [0.3, 0.4) is 0 Å². The Morgan fingerprint density at radius 3 is 2.43 bits per heavy atom. The number of aromatic nitrogens is 2. The van der Waals surface area contributed by atoms with Crippen LogP contribution in [0.5, 0.6) is 5.75 Å². The quantitative estimate of drug-likeness (QED) is 0.887. The second kappa shape index (κ2) is 6.76. The summed E-state index contributed by atoms with van der Waals surface area (Å²) in [7, 11) is 0. The molecule has 0 aliphatic carbocycles. The average Bonchev–Trinajstić information content (AvgIpc) is 2.83. The lowest BCUT2D eigenvalue weighted by Crippen LogP contribution is -2.35. The van der Waals surface area contributed by atoms with Gasteiger partial charge in [0.05, 0.1) is 6.54 Å². The van der Waals surface area contributed by atoms with E-state index in [1.165, 1.54) is 5.56 Å². The maximum absolute atomic E-state index is 5.75. The van der Waals surface area contributed by atoms with Crippen molar-refractivity contribution >= 4 is 0 Å². The predicted molar refractivity (Wildman–Crippen MR) is 85.5 cm³/mol. The molecule has 0 aliphatic heterocycles. The zero-order valence-electron chi connectivity index (χ0n) is 13.4. The number of hydrogen-bond acceptors (Lipinski definition) is 3. The summed E-state index contributed by atoms with van der Waals surface area (Å²) in [5, 5.41) is 7.71. The zero-order chi connectivity index (χ0) is 15.3. The van der Waals surface area contributed by atoms with E-state index in [1.807, 2.05) is 36.0 Å². The van der Waals surface area contributed by atoms with Gasteiger partial charge in [0, 0.05) is 24.0 Å². The van der Waals surface area contributed by atoms with Crippen LogP contribution in [-0.4, -0.2) is 21.9 Å². The maximum atomic E-state index is 5.75. The highest BCUT2D eigenvalue weighted by molar-refractivity contribution is 5.27. The third-order valence-corrected chi connectivity index (χ3v) is 3.25. The topological polar surface area (TPSA) is 39.1 Å². The maximum Gasteiger partial charge on any atom is 0.119 e. The first kappa shape index (κ1) is 15.6. The summed E-state index contributed by atoms with van der Waals surface area (Å²) in [6.07, 6.45) is 1.81. The summed E-state index contributed by atoms with van der Waals surface area (Å²) in [6.45, 7) is 10.8. The van der Waals surface area contributed by atoms with Gasteiger partial charge in [-0.25, -0.2) is 0 Å². The van der Waals surface area contributed by atoms with Gasteiger partial charge in [0.2, 0.25) is 0 Å². The van der Waals surface area contributed by atoms with Gasteiger partial charge in [-0.3, -0.25) is 4.68 Å². The number of rotatable bonds is 6. The molecular formula is C17H25N3O. The smallest absolute Gasteiger partial charge is 0.119 e. The largest absolute Gasteiger partial charge is 0.492 e. The van der Waals surface area contributed by atoms with E-state index in [0.29, 0.717) is 6.61 Å². The SMILES string of the molecule is Cc1ccnn1CCOc1ccc(CNC(C)(C)C)cc1. The second-order valence-corrected chi connectivity index (χ2v) is 6.29. The third-order valence-electron chi connectivity index (χ3n) is 3.25. The molecule has 0 fully saturated rings. The van der Waals surface area contributed by atoms with Crippen LogP contribution in [0.1, 0.15) is 32.0 Å². The van der Waals surface area contributed by atoms with Crippen LogP contribution in [0.4, 0.5) is 0 Å². The number of nitrogens with zero attached hydrogens (tertiary/aromatic N) is 2. The molecule has 114 valence electrons. The number of ether oxygens (including phenoxy) is 1. The van der Waals surface area contributed by atoms with Crippen LogP contribution < -0.4 is 10.1 Å². The molecule has 1 heterocycles. The van der Waals surface area contributed by atoms with Gasteiger partial charge in [-0.1, -0.05) is 12.1 Å². The fourth-order valence-electron chi connectivity index (χ4n) is 1.95. The van der Waals surface area contributed by atoms with E-state index in [0.717, 1.165) is 24.5 Å². The van der Waals surface area contributed by atoms with Crippen LogP contribution in [0.25, 0.3) is 0 Å². The highest BCUT2D eigenvalue weighted by Gasteiger charge is 2.08. The summed E-state index contributed by atoms with van der Waals surface area (Å²) in [5.74, 6) is 0.902. The standard InChI is InChI=1S/C17H25N3O/c1-14-9-10-19-20(14)11-12-21-16-7-5-15(6-8-16)13-18-17(2,3)4/h5-10,18H,11-13H2,1-4H3. The molecule has 2 aromatic rings. The van der Waals surface area contributed by atoms with Crippen molar-refractivity contribution in [2.24, 2.45) is 0 Å². The van der Waals surface area contributed by atoms with Gasteiger partial charge in [0.15, 0.2) is 0 Å². The molecule has 0 radical (unpaired) electrons. The van der Waals surface area contributed by atoms with Crippen molar-refractivity contribution < 1.29 is 4.74 Å². The van der Waals surface area contributed by atoms with Gasteiger partial charge >= 0.3 is 0 Å². The first-order valence-corrected chi connectivity index (χ1v) is 7.39. The van der Waals surface area contributed by atoms with Gasteiger partial charge < -0.3 is 10.1 Å². The summed E-state index contributed by atoms with van der Waals surface area (Å²) in [5.41, 5.74) is 2.55. The minimum absolute atomic E-state index is 0.136. The van der Waals surface area contributed by atoms with Crippen molar-refractivity contribution in [1.82, 2.24) is 15.1 Å². The van der Waals surface area contributed by atoms with Crippen LogP contribution in [-0.2, 0) is 13.1 Å². The Labute approximate surface area is 127 Å². The Morgan fingerprint density at radius 2 is 1.86 bits per heavy atom. The average molecular weight is 287 g/mol. The molecule has 4 heteroatoms. The third kappa shape index (κ3) is 5.23. The molecule has 1 aromatic carbocycles. The van der Waals surface area contributed by atoms with Gasteiger partial charge in [-0.05, 0) is 51.5 Å². The Bertz CT molecular complexity index is 552. The van der Waals surface area contributed by atoms with Gasteiger partial charge in [0.1, 0.15) is 12.4 Å². The Morgan fingerprint density at radius 1 is 1.14 bits per heavy atom. The zero-order valence-corrected chi connectivity index (χ0v) is 13.4. The van der Waals surface area contributed by atoms with Crippen LogP contribution >= 0.6 is 0 Å². The summed E-state index contributed by atoms with van der Waals surface area (Å²) < 4.78 is 7.70. The van der Waals surface area contributed by atoms with E-state index in [1.54, 1.807) is 0 Å². The van der Waals surface area contributed by atoms with Crippen molar-refractivity contribution in [3.05, 3.63) is 47.8 Å². The van der Waals surface area contributed by atoms with Crippen molar-refractivity contribution in [2.75, 3.05) is 6.61 Å². The molecule has 0 saturated heterocycles. The van der Waals surface area contributed by atoms with E-state index in [2.05, 4.69) is 43.3 Å². The Kier molecular flexibility index (Phi) is 5.02. The lowest BCUT2D eigenvalue weighted by molar-refractivity contribution is 0.289. The second-order valence-electron chi connectivity index (χ2n) is 6.29. The molecule has 0 amide bonds. The molecule has 0 spiro atoms. The highest BCUT2D eigenvalue weighted by atomic mass is 16.5. The summed E-state index contributed by atoms with van der Waals surface area (Å²) >= 11 is 0. The van der Waals surface area contributed by atoms with Crippen molar-refractivity contribution in [2.45, 2.75) is 46.3 Å². The van der Waals surface area contributed by atoms with Crippen molar-refractivity contribution in [3.8, 4) is 5.75 Å². The lowest BCUT2D eigenvalue weighted by atomic mass is 10.1. The first-order chi connectivity index (χ1) is 9.94. The molecule has 1 N–H and O–H groups in total. The molecule has 4 nitrogen and oxygen atoms in total. The van der Waals surface area contributed by atoms with E-state index >= 15 is 0 Å². The molecule has 0 saturated carbocycles. The van der Waals surface area contributed by atoms with E-state index in [4.69, 9.17) is 4.74 Å².